The molecule has 0 spiro atoms. The van der Waals surface area contributed by atoms with Crippen LogP contribution in [0.5, 0.6) is 0 Å². The molecule has 22 heavy (non-hydrogen) atoms. The molecule has 7 nitrogen and oxygen atoms in total. The Bertz CT molecular complexity index is 654. The Labute approximate surface area is 129 Å². The molecule has 1 aromatic rings. The van der Waals surface area contributed by atoms with E-state index >= 15 is 0 Å². The molecule has 0 aliphatic carbocycles. The van der Waals surface area contributed by atoms with Crippen molar-refractivity contribution >= 4 is 33.3 Å². The number of nitrogens with one attached hydrogen (secondary N) is 1. The third-order valence-corrected chi connectivity index (χ3v) is 5.06. The van der Waals surface area contributed by atoms with Crippen LogP contribution >= 0.6 is 0 Å². The molecular weight excluding hydrogens is 308 g/mol. The summed E-state index contributed by atoms with van der Waals surface area (Å²) in [6.45, 7) is 1.35. The number of rotatable bonds is 4. The fourth-order valence-corrected chi connectivity index (χ4v) is 3.79. The monoisotopic (exact) mass is 326 g/mol. The number of anilines is 2. The standard InChI is InChI=1S/C14H18N2O5S/c1-11(17)21-10-14(18)15-12-4-6-13(7-5-12)16-8-2-3-9-22(16,19)20/h4-7H,2-3,8-10H2,1H3,(H,15,18). The Morgan fingerprint density at radius 2 is 1.91 bits per heavy atom. The van der Waals surface area contributed by atoms with Crippen LogP contribution < -0.4 is 9.62 Å². The molecule has 2 rings (SSSR count). The second kappa shape index (κ2) is 6.78. The smallest absolute Gasteiger partial charge is 0.303 e. The lowest BCUT2D eigenvalue weighted by Crippen LogP contribution is -2.37. The number of amides is 1. The fraction of sp³-hybridized carbons (Fsp3) is 0.429. The first-order chi connectivity index (χ1) is 10.4. The highest BCUT2D eigenvalue weighted by Gasteiger charge is 2.25. The molecule has 0 aromatic heterocycles. The molecule has 0 unspecified atom stereocenters. The van der Waals surface area contributed by atoms with Crippen molar-refractivity contribution < 1.29 is 22.7 Å². The van der Waals surface area contributed by atoms with Crippen LogP contribution in [0.1, 0.15) is 19.8 Å². The Balaban J connectivity index is 2.01. The number of sulfonamides is 1. The van der Waals surface area contributed by atoms with Gasteiger partial charge in [0.1, 0.15) is 0 Å². The van der Waals surface area contributed by atoms with Gasteiger partial charge in [0.05, 0.1) is 11.4 Å². The van der Waals surface area contributed by atoms with Crippen molar-refractivity contribution in [1.29, 1.82) is 0 Å². The average molecular weight is 326 g/mol. The largest absolute Gasteiger partial charge is 0.456 e. The summed E-state index contributed by atoms with van der Waals surface area (Å²) < 4.78 is 30.0. The average Bonchev–Trinajstić information content (AvgIpc) is 2.46. The van der Waals surface area contributed by atoms with Gasteiger partial charge in [0.2, 0.25) is 10.0 Å². The molecule has 120 valence electrons. The van der Waals surface area contributed by atoms with Crippen LogP contribution in [0.2, 0.25) is 0 Å². The molecule has 1 aliphatic heterocycles. The van der Waals surface area contributed by atoms with Crippen molar-refractivity contribution in [1.82, 2.24) is 0 Å². The van der Waals surface area contributed by atoms with Crippen molar-refractivity contribution in [3.05, 3.63) is 24.3 Å². The third kappa shape index (κ3) is 4.20. The number of hydrogen-bond acceptors (Lipinski definition) is 5. The maximum Gasteiger partial charge on any atom is 0.303 e. The fourth-order valence-electron chi connectivity index (χ4n) is 2.15. The van der Waals surface area contributed by atoms with E-state index in [1.54, 1.807) is 24.3 Å². The van der Waals surface area contributed by atoms with Crippen LogP contribution in [0.15, 0.2) is 24.3 Å². The van der Waals surface area contributed by atoms with Gasteiger partial charge in [0.25, 0.3) is 5.91 Å². The van der Waals surface area contributed by atoms with E-state index in [1.807, 2.05) is 0 Å². The van der Waals surface area contributed by atoms with Crippen molar-refractivity contribution in [3.8, 4) is 0 Å². The van der Waals surface area contributed by atoms with E-state index in [0.29, 0.717) is 24.3 Å². The van der Waals surface area contributed by atoms with Crippen molar-refractivity contribution in [2.24, 2.45) is 0 Å². The number of carbonyl (C=O) groups excluding carboxylic acids is 2. The summed E-state index contributed by atoms with van der Waals surface area (Å²) in [6.07, 6.45) is 1.52. The molecule has 0 radical (unpaired) electrons. The molecule has 1 fully saturated rings. The first kappa shape index (κ1) is 16.3. The molecule has 1 saturated heterocycles. The second-order valence-electron chi connectivity index (χ2n) is 4.97. The number of carbonyl (C=O) groups is 2. The van der Waals surface area contributed by atoms with Gasteiger partial charge in [0, 0.05) is 19.2 Å². The maximum absolute atomic E-state index is 12.0. The molecule has 1 amide bonds. The van der Waals surface area contributed by atoms with Gasteiger partial charge in [-0.05, 0) is 37.1 Å². The molecule has 1 heterocycles. The summed E-state index contributed by atoms with van der Waals surface area (Å²) in [7, 11) is -3.24. The van der Waals surface area contributed by atoms with Crippen LogP contribution in [0, 0.1) is 0 Å². The van der Waals surface area contributed by atoms with Gasteiger partial charge in [-0.25, -0.2) is 8.42 Å². The highest BCUT2D eigenvalue weighted by molar-refractivity contribution is 7.92. The minimum atomic E-state index is -3.24. The third-order valence-electron chi connectivity index (χ3n) is 3.19. The van der Waals surface area contributed by atoms with Crippen LogP contribution in [0.3, 0.4) is 0 Å². The summed E-state index contributed by atoms with van der Waals surface area (Å²) in [4.78, 5) is 22.1. The van der Waals surface area contributed by atoms with E-state index < -0.39 is 21.9 Å². The maximum atomic E-state index is 12.0. The van der Waals surface area contributed by atoms with Crippen molar-refractivity contribution in [2.75, 3.05) is 28.5 Å². The summed E-state index contributed by atoms with van der Waals surface area (Å²) >= 11 is 0. The molecule has 8 heteroatoms. The Morgan fingerprint density at radius 3 is 2.50 bits per heavy atom. The van der Waals surface area contributed by atoms with E-state index in [1.165, 1.54) is 11.2 Å². The molecular formula is C14H18N2O5S. The van der Waals surface area contributed by atoms with Crippen LogP contribution in [-0.2, 0) is 24.3 Å². The van der Waals surface area contributed by atoms with Crippen LogP contribution in [-0.4, -0.2) is 39.2 Å². The zero-order valence-electron chi connectivity index (χ0n) is 12.2. The predicted octanol–water partition coefficient (Wildman–Crippen LogP) is 1.12. The summed E-state index contributed by atoms with van der Waals surface area (Å²) in [5.41, 5.74) is 1.09. The Kier molecular flexibility index (Phi) is 5.02. The van der Waals surface area contributed by atoms with E-state index in [0.717, 1.165) is 6.42 Å². The summed E-state index contributed by atoms with van der Waals surface area (Å²) in [5.74, 6) is -0.817. The number of hydrogen-bond donors (Lipinski definition) is 1. The van der Waals surface area contributed by atoms with Gasteiger partial charge in [-0.15, -0.1) is 0 Å². The highest BCUT2D eigenvalue weighted by atomic mass is 32.2. The summed E-state index contributed by atoms with van der Waals surface area (Å²) in [5, 5.41) is 2.56. The van der Waals surface area contributed by atoms with Gasteiger partial charge < -0.3 is 10.1 Å². The highest BCUT2D eigenvalue weighted by Crippen LogP contribution is 2.24. The number of nitrogens with zero attached hydrogens (tertiary/aromatic N) is 1. The van der Waals surface area contributed by atoms with Gasteiger partial charge in [-0.2, -0.15) is 0 Å². The topological polar surface area (TPSA) is 92.8 Å². The number of ether oxygens (including phenoxy) is 1. The van der Waals surface area contributed by atoms with Gasteiger partial charge in [-0.3, -0.25) is 13.9 Å². The molecule has 1 aromatic carbocycles. The number of benzene rings is 1. The number of esters is 1. The lowest BCUT2D eigenvalue weighted by atomic mass is 10.2. The van der Waals surface area contributed by atoms with Crippen molar-refractivity contribution in [3.63, 3.8) is 0 Å². The molecule has 0 atom stereocenters. The van der Waals surface area contributed by atoms with E-state index in [9.17, 15) is 18.0 Å². The molecule has 0 bridgehead atoms. The minimum absolute atomic E-state index is 0.161. The normalized spacial score (nSPS) is 16.9. The lowest BCUT2D eigenvalue weighted by molar-refractivity contribution is -0.144. The lowest BCUT2D eigenvalue weighted by Gasteiger charge is -2.28. The predicted molar refractivity (Wildman–Crippen MR) is 82.1 cm³/mol. The van der Waals surface area contributed by atoms with Gasteiger partial charge >= 0.3 is 5.97 Å². The molecule has 1 N–H and O–H groups in total. The van der Waals surface area contributed by atoms with Gasteiger partial charge in [-0.1, -0.05) is 0 Å². The van der Waals surface area contributed by atoms with Gasteiger partial charge in [0.15, 0.2) is 6.61 Å². The van der Waals surface area contributed by atoms with Crippen LogP contribution in [0.4, 0.5) is 11.4 Å². The molecule has 1 aliphatic rings. The van der Waals surface area contributed by atoms with Crippen LogP contribution in [0.25, 0.3) is 0 Å². The Morgan fingerprint density at radius 1 is 1.23 bits per heavy atom. The van der Waals surface area contributed by atoms with E-state index in [-0.39, 0.29) is 12.4 Å². The first-order valence-corrected chi connectivity index (χ1v) is 8.53. The van der Waals surface area contributed by atoms with E-state index in [2.05, 4.69) is 10.1 Å². The zero-order valence-corrected chi connectivity index (χ0v) is 13.1. The quantitative estimate of drug-likeness (QED) is 0.837. The minimum Gasteiger partial charge on any atom is -0.456 e. The second-order valence-corrected chi connectivity index (χ2v) is 6.98. The van der Waals surface area contributed by atoms with E-state index in [4.69, 9.17) is 0 Å². The Hall–Kier alpha value is -2.09. The first-order valence-electron chi connectivity index (χ1n) is 6.92. The molecule has 0 saturated carbocycles. The zero-order chi connectivity index (χ0) is 16.2. The summed E-state index contributed by atoms with van der Waals surface area (Å²) in [6, 6.07) is 6.52. The SMILES string of the molecule is CC(=O)OCC(=O)Nc1ccc(N2CCCCS2(=O)=O)cc1. The van der Waals surface area contributed by atoms with Crippen molar-refractivity contribution in [2.45, 2.75) is 19.8 Å².